The van der Waals surface area contributed by atoms with Gasteiger partial charge in [-0.2, -0.15) is 39.5 Å². The van der Waals surface area contributed by atoms with Gasteiger partial charge in [0, 0.05) is 6.42 Å². The van der Waals surface area contributed by atoms with Crippen molar-refractivity contribution < 1.29 is 60.7 Å². The van der Waals surface area contributed by atoms with Crippen molar-refractivity contribution in [3.05, 3.63) is 50.9 Å². The first-order chi connectivity index (χ1) is 19.0. The maximum Gasteiger partial charge on any atom is 0.413 e. The molecule has 4 bridgehead atoms. The molecule has 2 unspecified atom stereocenters. The predicted molar refractivity (Wildman–Crippen MR) is 131 cm³/mol. The van der Waals surface area contributed by atoms with Gasteiger partial charge in [0.15, 0.2) is 19.7 Å². The molecular formula is C26H23F10O4S2-. The highest BCUT2D eigenvalue weighted by molar-refractivity contribution is 8.15. The zero-order chi connectivity index (χ0) is 31.4. The molecule has 234 valence electrons. The lowest BCUT2D eigenvalue weighted by atomic mass is 9.54. The smallest absolute Gasteiger partial charge is 0.244 e. The molecule has 0 N–H and O–H groups in total. The highest BCUT2D eigenvalue weighted by Gasteiger charge is 2.84. The van der Waals surface area contributed by atoms with Crippen LogP contribution in [-0.4, -0.2) is 51.5 Å². The molecule has 5 aliphatic rings. The second-order valence-corrected chi connectivity index (χ2v) is 16.3. The summed E-state index contributed by atoms with van der Waals surface area (Å²) in [5.41, 5.74) is -9.80. The molecule has 1 aromatic rings. The van der Waals surface area contributed by atoms with Crippen molar-refractivity contribution in [2.45, 2.75) is 67.5 Å². The Morgan fingerprint density at radius 3 is 1.79 bits per heavy atom. The van der Waals surface area contributed by atoms with Gasteiger partial charge in [0.1, 0.15) is 5.67 Å². The first kappa shape index (κ1) is 31.2. The zero-order valence-corrected chi connectivity index (χ0v) is 23.0. The maximum absolute atomic E-state index is 15.7. The summed E-state index contributed by atoms with van der Waals surface area (Å²) in [6, 6.07) is 5.77. The molecule has 0 saturated heterocycles. The van der Waals surface area contributed by atoms with Gasteiger partial charge >= 0.3 is 18.5 Å². The Labute approximate surface area is 234 Å². The van der Waals surface area contributed by atoms with E-state index < -0.39 is 87.9 Å². The quantitative estimate of drug-likeness (QED) is 0.322. The van der Waals surface area contributed by atoms with Crippen LogP contribution in [0.1, 0.15) is 38.5 Å². The zero-order valence-electron chi connectivity index (χ0n) is 21.4. The van der Waals surface area contributed by atoms with E-state index in [0.29, 0.717) is 11.6 Å². The number of benzene rings is 1. The molecule has 6 rings (SSSR count). The molecule has 4 saturated carbocycles. The second kappa shape index (κ2) is 9.14. The van der Waals surface area contributed by atoms with Crippen LogP contribution in [0, 0.1) is 23.7 Å². The predicted octanol–water partition coefficient (Wildman–Crippen LogP) is 5.24. The number of rotatable bonds is 5. The van der Waals surface area contributed by atoms with E-state index in [0.717, 1.165) is 18.6 Å². The number of hydrogen-bond acceptors (Lipinski definition) is 4. The second-order valence-electron chi connectivity index (χ2n) is 11.8. The largest absolute Gasteiger partial charge is 0.413 e. The molecule has 4 fully saturated rings. The van der Waals surface area contributed by atoms with E-state index in [1.54, 1.807) is 0 Å². The van der Waals surface area contributed by atoms with Crippen molar-refractivity contribution in [1.82, 2.24) is 0 Å². The fourth-order valence-electron chi connectivity index (χ4n) is 7.48. The van der Waals surface area contributed by atoms with Crippen LogP contribution in [0.15, 0.2) is 34.1 Å². The van der Waals surface area contributed by atoms with Gasteiger partial charge < -0.3 is 0 Å². The summed E-state index contributed by atoms with van der Waals surface area (Å²) < 4.78 is 192. The molecule has 5 aliphatic carbocycles. The van der Waals surface area contributed by atoms with E-state index in [9.17, 15) is 56.3 Å². The Balaban J connectivity index is 1.79. The molecule has 0 aliphatic heterocycles. The highest BCUT2D eigenvalue weighted by atomic mass is 32.3. The molecule has 0 amide bonds. The standard InChI is InChI=1S/C26H23F10O4S2/c27-21-9-15-7-16(10-21)12-22(11-15,13-21)42(39,40)20(19-6-5-17-3-1-2-4-18(17)8-19)41(37,38)14-23(24(28,29)30,25(31,32)33)26(34,35)36/h1-6,8,15-16H,7,9-14H2/q-1/b20-19-. The third kappa shape index (κ3) is 4.56. The third-order valence-corrected chi connectivity index (χ3v) is 14.3. The van der Waals surface area contributed by atoms with E-state index in [-0.39, 0.29) is 30.9 Å². The third-order valence-electron chi connectivity index (χ3n) is 8.88. The number of fused-ring (bicyclic) bond motifs is 1. The van der Waals surface area contributed by atoms with Gasteiger partial charge in [-0.25, -0.2) is 21.2 Å². The van der Waals surface area contributed by atoms with Crippen molar-refractivity contribution in [1.29, 1.82) is 0 Å². The van der Waals surface area contributed by atoms with Crippen LogP contribution in [0.5, 0.6) is 0 Å². The normalized spacial score (nSPS) is 31.1. The highest BCUT2D eigenvalue weighted by Crippen LogP contribution is 2.64. The van der Waals surface area contributed by atoms with Crippen molar-refractivity contribution in [3.8, 4) is 0 Å². The molecule has 0 heterocycles. The van der Waals surface area contributed by atoms with Crippen LogP contribution >= 0.6 is 0 Å². The van der Waals surface area contributed by atoms with Crippen LogP contribution in [0.3, 0.4) is 0 Å². The van der Waals surface area contributed by atoms with Gasteiger partial charge in [0.05, 0.1) is 14.7 Å². The first-order valence-electron chi connectivity index (χ1n) is 12.7. The van der Waals surface area contributed by atoms with Crippen molar-refractivity contribution in [2.75, 3.05) is 5.75 Å². The lowest BCUT2D eigenvalue weighted by Gasteiger charge is -2.58. The molecule has 1 aromatic carbocycles. The molecule has 16 heteroatoms. The summed E-state index contributed by atoms with van der Waals surface area (Å²) in [5.74, 6) is -4.82. The number of allylic oxidation sites excluding steroid dienone is 1. The fraction of sp³-hybridized carbons (Fsp3) is 0.577. The Hall–Kier alpha value is -2.23. The molecule has 42 heavy (non-hydrogen) atoms. The minimum absolute atomic E-state index is 0.0574. The number of alkyl halides is 10. The Morgan fingerprint density at radius 2 is 1.31 bits per heavy atom. The molecule has 0 spiro atoms. The van der Waals surface area contributed by atoms with Crippen LogP contribution in [0.2, 0.25) is 0 Å². The van der Waals surface area contributed by atoms with E-state index in [4.69, 9.17) is 0 Å². The van der Waals surface area contributed by atoms with E-state index in [2.05, 4.69) is 0 Å². The Bertz CT molecular complexity index is 1620. The van der Waals surface area contributed by atoms with Gasteiger partial charge in [-0.05, 0) is 43.9 Å². The van der Waals surface area contributed by atoms with Crippen molar-refractivity contribution >= 4 is 31.8 Å². The summed E-state index contributed by atoms with van der Waals surface area (Å²) in [4.78, 5) is 0. The number of sulfone groups is 2. The lowest BCUT2D eigenvalue weighted by molar-refractivity contribution is -0.418. The fourth-order valence-corrected chi connectivity index (χ4v) is 13.4. The average Bonchev–Trinajstić information content (AvgIpc) is 2.78. The van der Waals surface area contributed by atoms with Crippen molar-refractivity contribution in [2.24, 2.45) is 17.3 Å². The monoisotopic (exact) mass is 653 g/mol. The van der Waals surface area contributed by atoms with Gasteiger partial charge in [-0.3, -0.25) is 0 Å². The summed E-state index contributed by atoms with van der Waals surface area (Å²) in [7, 11) is -12.1. The van der Waals surface area contributed by atoms with Crippen LogP contribution < -0.4 is 10.4 Å². The maximum atomic E-state index is 15.7. The van der Waals surface area contributed by atoms with Gasteiger partial charge in [-0.15, -0.1) is 29.4 Å². The van der Waals surface area contributed by atoms with Gasteiger partial charge in [0.25, 0.3) is 5.41 Å². The molecule has 4 nitrogen and oxygen atoms in total. The Morgan fingerprint density at radius 1 is 0.810 bits per heavy atom. The number of halogens is 10. The summed E-state index contributed by atoms with van der Waals surface area (Å²) in [5, 5.41) is 0.474. The lowest BCUT2D eigenvalue weighted by Crippen LogP contribution is -2.64. The van der Waals surface area contributed by atoms with Crippen LogP contribution in [-0.2, 0) is 19.7 Å². The number of hydrogen-bond donors (Lipinski definition) is 0. The summed E-state index contributed by atoms with van der Waals surface area (Å²) in [6.07, 6.45) is -20.1. The van der Waals surface area contributed by atoms with Crippen LogP contribution in [0.4, 0.5) is 43.9 Å². The van der Waals surface area contributed by atoms with E-state index in [1.165, 1.54) is 24.3 Å². The van der Waals surface area contributed by atoms with Gasteiger partial charge in [0.2, 0.25) is 0 Å². The minimum atomic E-state index is -7.24. The summed E-state index contributed by atoms with van der Waals surface area (Å²) in [6.45, 7) is 0. The van der Waals surface area contributed by atoms with E-state index >= 15 is 4.39 Å². The molecule has 2 atom stereocenters. The van der Waals surface area contributed by atoms with Gasteiger partial charge in [-0.1, -0.05) is 29.5 Å². The molecular weight excluding hydrogens is 630 g/mol. The van der Waals surface area contributed by atoms with E-state index in [1.807, 2.05) is 0 Å². The molecule has 0 radical (unpaired) electrons. The first-order valence-corrected chi connectivity index (χ1v) is 15.8. The van der Waals surface area contributed by atoms with Crippen LogP contribution in [0.25, 0.3) is 12.2 Å². The topological polar surface area (TPSA) is 68.3 Å². The van der Waals surface area contributed by atoms with Crippen molar-refractivity contribution in [3.63, 3.8) is 0 Å². The summed E-state index contributed by atoms with van der Waals surface area (Å²) >= 11 is 0. The SMILES string of the molecule is O=S(=O)(CC(C(F)(F)F)(C(F)(F)F)C(F)(F)F)/C(=C1/C=c2ccccc2=C[CH-]1)S(=O)(=O)C12CC3CC(CC(F)(C3)C1)C2. The average molecular weight is 654 g/mol. The molecule has 0 aromatic heterocycles. The minimum Gasteiger partial charge on any atom is -0.244 e. The Kier molecular flexibility index (Phi) is 6.79.